The molecule has 0 unspecified atom stereocenters. The van der Waals surface area contributed by atoms with E-state index in [0.717, 1.165) is 36.3 Å². The summed E-state index contributed by atoms with van der Waals surface area (Å²) in [5.74, 6) is 1.19. The number of nitrogens with zero attached hydrogens (tertiary/aromatic N) is 2. The van der Waals surface area contributed by atoms with E-state index in [2.05, 4.69) is 15.3 Å². The molecule has 2 aromatic rings. The predicted octanol–water partition coefficient (Wildman–Crippen LogP) is 2.23. The second-order valence-corrected chi connectivity index (χ2v) is 4.68. The molecule has 0 radical (unpaired) electrons. The highest BCUT2D eigenvalue weighted by atomic mass is 16.5. The number of benzene rings is 1. The maximum absolute atomic E-state index is 12.2. The molecular formula is C15H15N3O2. The van der Waals surface area contributed by atoms with Crippen LogP contribution >= 0.6 is 0 Å². The minimum Gasteiger partial charge on any atom is -0.497 e. The van der Waals surface area contributed by atoms with Crippen molar-refractivity contribution >= 4 is 11.7 Å². The summed E-state index contributed by atoms with van der Waals surface area (Å²) in [6, 6.07) is 6.99. The summed E-state index contributed by atoms with van der Waals surface area (Å²) in [6.45, 7) is 0. The van der Waals surface area contributed by atoms with Crippen molar-refractivity contribution in [2.45, 2.75) is 19.3 Å². The summed E-state index contributed by atoms with van der Waals surface area (Å²) < 4.78 is 5.08. The van der Waals surface area contributed by atoms with Gasteiger partial charge in [-0.15, -0.1) is 0 Å². The Bertz CT molecular complexity index is 638. The number of ether oxygens (including phenoxy) is 1. The fraction of sp³-hybridized carbons (Fsp3) is 0.267. The average molecular weight is 269 g/mol. The molecule has 20 heavy (non-hydrogen) atoms. The highest BCUT2D eigenvalue weighted by Gasteiger charge is 2.18. The van der Waals surface area contributed by atoms with Crippen LogP contribution in [0.15, 0.2) is 30.6 Å². The van der Waals surface area contributed by atoms with Gasteiger partial charge in [-0.1, -0.05) is 0 Å². The molecule has 0 bridgehead atoms. The summed E-state index contributed by atoms with van der Waals surface area (Å²) in [5, 5.41) is 2.87. The number of carbonyl (C=O) groups is 1. The summed E-state index contributed by atoms with van der Waals surface area (Å²) in [4.78, 5) is 20.6. The molecule has 1 N–H and O–H groups in total. The third-order valence-electron chi connectivity index (χ3n) is 3.46. The second-order valence-electron chi connectivity index (χ2n) is 4.68. The number of fused-ring (bicyclic) bond motifs is 1. The van der Waals surface area contributed by atoms with E-state index in [1.165, 1.54) is 6.33 Å². The smallest absolute Gasteiger partial charge is 0.256 e. The SMILES string of the molecule is COc1ccc(C(=O)Nc2ncnc3c2CCC3)cc1. The Hall–Kier alpha value is -2.43. The van der Waals surface area contributed by atoms with Gasteiger partial charge in [-0.25, -0.2) is 9.97 Å². The fourth-order valence-electron chi connectivity index (χ4n) is 2.39. The zero-order chi connectivity index (χ0) is 13.9. The summed E-state index contributed by atoms with van der Waals surface area (Å²) in [6.07, 6.45) is 4.46. The highest BCUT2D eigenvalue weighted by molar-refractivity contribution is 6.04. The number of methoxy groups -OCH3 is 1. The number of amides is 1. The van der Waals surface area contributed by atoms with E-state index in [-0.39, 0.29) is 5.91 Å². The lowest BCUT2D eigenvalue weighted by Crippen LogP contribution is -2.14. The first-order valence-corrected chi connectivity index (χ1v) is 6.56. The van der Waals surface area contributed by atoms with Crippen LogP contribution in [0.3, 0.4) is 0 Å². The number of rotatable bonds is 3. The van der Waals surface area contributed by atoms with Crippen molar-refractivity contribution in [1.29, 1.82) is 0 Å². The third kappa shape index (κ3) is 2.34. The summed E-state index contributed by atoms with van der Waals surface area (Å²) >= 11 is 0. The molecule has 0 spiro atoms. The van der Waals surface area contributed by atoms with Crippen molar-refractivity contribution < 1.29 is 9.53 Å². The minimum atomic E-state index is -0.166. The number of aryl methyl sites for hydroxylation is 1. The molecule has 1 aliphatic carbocycles. The first kappa shape index (κ1) is 12.6. The number of hydrogen-bond acceptors (Lipinski definition) is 4. The van der Waals surface area contributed by atoms with Crippen molar-refractivity contribution in [3.8, 4) is 5.75 Å². The topological polar surface area (TPSA) is 64.1 Å². The van der Waals surface area contributed by atoms with Crippen LogP contribution < -0.4 is 10.1 Å². The van der Waals surface area contributed by atoms with Gasteiger partial charge in [0.05, 0.1) is 7.11 Å². The zero-order valence-electron chi connectivity index (χ0n) is 11.2. The second kappa shape index (κ2) is 5.28. The lowest BCUT2D eigenvalue weighted by Gasteiger charge is -2.08. The first-order chi connectivity index (χ1) is 9.78. The Morgan fingerprint density at radius 2 is 2.00 bits per heavy atom. The molecule has 0 fully saturated rings. The van der Waals surface area contributed by atoms with Crippen molar-refractivity contribution in [3.05, 3.63) is 47.4 Å². The number of carbonyl (C=O) groups excluding carboxylic acids is 1. The van der Waals surface area contributed by atoms with Gasteiger partial charge in [-0.05, 0) is 43.5 Å². The molecule has 0 atom stereocenters. The molecule has 1 amide bonds. The van der Waals surface area contributed by atoms with Crippen LogP contribution in [-0.4, -0.2) is 23.0 Å². The van der Waals surface area contributed by atoms with Crippen LogP contribution in [0.4, 0.5) is 5.82 Å². The Morgan fingerprint density at radius 1 is 1.20 bits per heavy atom. The molecule has 102 valence electrons. The Kier molecular flexibility index (Phi) is 3.33. The Morgan fingerprint density at radius 3 is 2.75 bits per heavy atom. The Balaban J connectivity index is 1.80. The fourth-order valence-corrected chi connectivity index (χ4v) is 2.39. The van der Waals surface area contributed by atoms with Gasteiger partial charge in [-0.2, -0.15) is 0 Å². The maximum atomic E-state index is 12.2. The molecule has 1 heterocycles. The number of nitrogens with one attached hydrogen (secondary N) is 1. The number of aromatic nitrogens is 2. The van der Waals surface area contributed by atoms with Crippen LogP contribution in [0.25, 0.3) is 0 Å². The highest BCUT2D eigenvalue weighted by Crippen LogP contribution is 2.25. The van der Waals surface area contributed by atoms with Crippen LogP contribution in [0.5, 0.6) is 5.75 Å². The Labute approximate surface area is 117 Å². The molecule has 5 nitrogen and oxygen atoms in total. The van der Waals surface area contributed by atoms with Gasteiger partial charge in [0, 0.05) is 16.8 Å². The van der Waals surface area contributed by atoms with Gasteiger partial charge in [0.2, 0.25) is 0 Å². The predicted molar refractivity (Wildman–Crippen MR) is 75.0 cm³/mol. The molecule has 1 aliphatic rings. The lowest BCUT2D eigenvalue weighted by molar-refractivity contribution is 0.102. The largest absolute Gasteiger partial charge is 0.497 e. The van der Waals surface area contributed by atoms with Gasteiger partial charge >= 0.3 is 0 Å². The van der Waals surface area contributed by atoms with Crippen LogP contribution in [0, 0.1) is 0 Å². The van der Waals surface area contributed by atoms with Crippen LogP contribution in [0.1, 0.15) is 28.0 Å². The van der Waals surface area contributed by atoms with Crippen molar-refractivity contribution in [1.82, 2.24) is 9.97 Å². The summed E-state index contributed by atoms with van der Waals surface area (Å²) in [5.41, 5.74) is 2.69. The van der Waals surface area contributed by atoms with E-state index >= 15 is 0 Å². The monoisotopic (exact) mass is 269 g/mol. The molecule has 3 rings (SSSR count). The van der Waals surface area contributed by atoms with E-state index in [4.69, 9.17) is 4.74 Å². The van der Waals surface area contributed by atoms with Crippen molar-refractivity contribution in [2.75, 3.05) is 12.4 Å². The van der Waals surface area contributed by atoms with Crippen LogP contribution in [-0.2, 0) is 12.8 Å². The van der Waals surface area contributed by atoms with E-state index in [1.807, 2.05) is 0 Å². The molecule has 1 aromatic heterocycles. The maximum Gasteiger partial charge on any atom is 0.256 e. The summed E-state index contributed by atoms with van der Waals surface area (Å²) in [7, 11) is 1.60. The first-order valence-electron chi connectivity index (χ1n) is 6.56. The van der Waals surface area contributed by atoms with Gasteiger partial charge < -0.3 is 10.1 Å². The lowest BCUT2D eigenvalue weighted by atomic mass is 10.2. The van der Waals surface area contributed by atoms with E-state index in [0.29, 0.717) is 11.4 Å². The quantitative estimate of drug-likeness (QED) is 0.928. The minimum absolute atomic E-state index is 0.166. The zero-order valence-corrected chi connectivity index (χ0v) is 11.2. The molecule has 0 saturated carbocycles. The molecule has 1 aromatic carbocycles. The van der Waals surface area contributed by atoms with Gasteiger partial charge in [0.15, 0.2) is 0 Å². The number of anilines is 1. The number of hydrogen-bond donors (Lipinski definition) is 1. The van der Waals surface area contributed by atoms with Gasteiger partial charge in [0.1, 0.15) is 17.9 Å². The van der Waals surface area contributed by atoms with Crippen LogP contribution in [0.2, 0.25) is 0 Å². The molecule has 0 saturated heterocycles. The van der Waals surface area contributed by atoms with E-state index < -0.39 is 0 Å². The van der Waals surface area contributed by atoms with Gasteiger partial charge in [-0.3, -0.25) is 4.79 Å². The average Bonchev–Trinajstić information content (AvgIpc) is 2.97. The third-order valence-corrected chi connectivity index (χ3v) is 3.46. The van der Waals surface area contributed by atoms with E-state index in [1.54, 1.807) is 31.4 Å². The van der Waals surface area contributed by atoms with Crippen molar-refractivity contribution in [3.63, 3.8) is 0 Å². The molecule has 5 heteroatoms. The van der Waals surface area contributed by atoms with Crippen molar-refractivity contribution in [2.24, 2.45) is 0 Å². The molecular weight excluding hydrogens is 254 g/mol. The molecule has 0 aliphatic heterocycles. The van der Waals surface area contributed by atoms with Gasteiger partial charge in [0.25, 0.3) is 5.91 Å². The van der Waals surface area contributed by atoms with E-state index in [9.17, 15) is 4.79 Å². The standard InChI is InChI=1S/C15H15N3O2/c1-20-11-7-5-10(6-8-11)15(19)18-14-12-3-2-4-13(12)16-9-17-14/h5-9H,2-4H2,1H3,(H,16,17,18,19). The normalized spacial score (nSPS) is 12.8.